The quantitative estimate of drug-likeness (QED) is 0.909. The molecule has 1 heterocycles. The molecule has 1 aromatic rings. The number of hydrogen-bond donors (Lipinski definition) is 1. The molecule has 0 saturated carbocycles. The van der Waals surface area contributed by atoms with E-state index in [4.69, 9.17) is 4.74 Å². The van der Waals surface area contributed by atoms with Crippen LogP contribution in [-0.2, 0) is 4.79 Å². The van der Waals surface area contributed by atoms with Gasteiger partial charge in [0.25, 0.3) is 5.91 Å². The Balaban J connectivity index is 1.84. The molecule has 1 saturated heterocycles. The largest absolute Gasteiger partial charge is 0.483 e. The van der Waals surface area contributed by atoms with Gasteiger partial charge in [0.05, 0.1) is 0 Å². The second-order valence-corrected chi connectivity index (χ2v) is 6.94. The van der Waals surface area contributed by atoms with E-state index in [2.05, 4.69) is 11.4 Å². The van der Waals surface area contributed by atoms with Gasteiger partial charge in [0.2, 0.25) is 0 Å². The van der Waals surface area contributed by atoms with Crippen LogP contribution in [0.4, 0.5) is 4.79 Å². The number of piperidine rings is 1. The molecular formula is C19H29N3O3. The maximum Gasteiger partial charge on any atom is 0.317 e. The first-order valence-electron chi connectivity index (χ1n) is 8.74. The molecular weight excluding hydrogens is 318 g/mol. The lowest BCUT2D eigenvalue weighted by Gasteiger charge is -2.33. The molecule has 6 nitrogen and oxygen atoms in total. The van der Waals surface area contributed by atoms with Crippen molar-refractivity contribution in [3.63, 3.8) is 0 Å². The standard InChI is InChI=1S/C19H29N3O3/c1-13-6-7-14(2)18(15(13)3)25-12-17(23)22-10-8-16(9-11-22)20-19(24)21(4)5/h6-7,16H,8-12H2,1-5H3,(H,20,24). The van der Waals surface area contributed by atoms with Gasteiger partial charge in [-0.05, 0) is 50.3 Å². The Hall–Kier alpha value is -2.24. The van der Waals surface area contributed by atoms with E-state index in [1.54, 1.807) is 14.1 Å². The highest BCUT2D eigenvalue weighted by Crippen LogP contribution is 2.25. The van der Waals surface area contributed by atoms with Crippen LogP contribution in [0.1, 0.15) is 29.5 Å². The summed E-state index contributed by atoms with van der Waals surface area (Å²) in [6.07, 6.45) is 1.54. The molecule has 0 bridgehead atoms. The Morgan fingerprint density at radius 2 is 1.76 bits per heavy atom. The van der Waals surface area contributed by atoms with Crippen molar-refractivity contribution in [3.05, 3.63) is 28.8 Å². The van der Waals surface area contributed by atoms with Gasteiger partial charge in [0, 0.05) is 33.2 Å². The van der Waals surface area contributed by atoms with Crippen molar-refractivity contribution in [1.29, 1.82) is 0 Å². The molecule has 0 aromatic heterocycles. The number of hydrogen-bond acceptors (Lipinski definition) is 3. The van der Waals surface area contributed by atoms with Gasteiger partial charge in [-0.3, -0.25) is 4.79 Å². The number of nitrogens with zero attached hydrogens (tertiary/aromatic N) is 2. The first-order valence-corrected chi connectivity index (χ1v) is 8.74. The summed E-state index contributed by atoms with van der Waals surface area (Å²) in [5.74, 6) is 0.805. The summed E-state index contributed by atoms with van der Waals surface area (Å²) in [5.41, 5.74) is 3.28. The molecule has 0 spiro atoms. The fraction of sp³-hybridized carbons (Fsp3) is 0.579. The average molecular weight is 347 g/mol. The van der Waals surface area contributed by atoms with Crippen molar-refractivity contribution < 1.29 is 14.3 Å². The number of carbonyl (C=O) groups excluding carboxylic acids is 2. The van der Waals surface area contributed by atoms with E-state index in [9.17, 15) is 9.59 Å². The number of likely N-dealkylation sites (tertiary alicyclic amines) is 1. The maximum absolute atomic E-state index is 12.4. The smallest absolute Gasteiger partial charge is 0.317 e. The summed E-state index contributed by atoms with van der Waals surface area (Å²) >= 11 is 0. The molecule has 138 valence electrons. The van der Waals surface area contributed by atoms with Crippen molar-refractivity contribution in [2.75, 3.05) is 33.8 Å². The lowest BCUT2D eigenvalue weighted by Crippen LogP contribution is -2.49. The lowest BCUT2D eigenvalue weighted by molar-refractivity contribution is -0.134. The summed E-state index contributed by atoms with van der Waals surface area (Å²) in [6.45, 7) is 7.39. The third-order valence-electron chi connectivity index (χ3n) is 4.80. The molecule has 3 amide bonds. The van der Waals surface area contributed by atoms with Gasteiger partial charge in [-0.25, -0.2) is 4.79 Å². The van der Waals surface area contributed by atoms with Gasteiger partial charge >= 0.3 is 6.03 Å². The lowest BCUT2D eigenvalue weighted by atomic mass is 10.0. The van der Waals surface area contributed by atoms with E-state index in [-0.39, 0.29) is 24.6 Å². The third kappa shape index (κ3) is 4.87. The van der Waals surface area contributed by atoms with Crippen molar-refractivity contribution in [1.82, 2.24) is 15.1 Å². The zero-order valence-corrected chi connectivity index (χ0v) is 15.9. The minimum atomic E-state index is -0.0847. The second-order valence-electron chi connectivity index (χ2n) is 6.94. The Labute approximate surface area is 150 Å². The summed E-state index contributed by atoms with van der Waals surface area (Å²) in [6, 6.07) is 4.12. The van der Waals surface area contributed by atoms with Crippen LogP contribution < -0.4 is 10.1 Å². The molecule has 2 rings (SSSR count). The molecule has 0 aliphatic carbocycles. The summed E-state index contributed by atoms with van der Waals surface area (Å²) in [4.78, 5) is 27.5. The van der Waals surface area contributed by atoms with Crippen LogP contribution in [0.5, 0.6) is 5.75 Å². The van der Waals surface area contributed by atoms with E-state index in [0.29, 0.717) is 13.1 Å². The second kappa shape index (κ2) is 8.23. The predicted molar refractivity (Wildman–Crippen MR) is 98.0 cm³/mol. The van der Waals surface area contributed by atoms with E-state index >= 15 is 0 Å². The Bertz CT molecular complexity index is 635. The highest BCUT2D eigenvalue weighted by molar-refractivity contribution is 5.78. The highest BCUT2D eigenvalue weighted by atomic mass is 16.5. The van der Waals surface area contributed by atoms with Crippen LogP contribution in [-0.4, -0.2) is 61.6 Å². The van der Waals surface area contributed by atoms with Crippen molar-refractivity contribution in [2.45, 2.75) is 39.7 Å². The number of amides is 3. The summed E-state index contributed by atoms with van der Waals surface area (Å²) in [5, 5.41) is 2.97. The Kier molecular flexibility index (Phi) is 6.28. The molecule has 1 aliphatic rings. The number of ether oxygens (including phenoxy) is 1. The maximum atomic E-state index is 12.4. The number of aryl methyl sites for hydroxylation is 2. The van der Waals surface area contributed by atoms with Crippen LogP contribution in [0, 0.1) is 20.8 Å². The fourth-order valence-corrected chi connectivity index (χ4v) is 2.95. The van der Waals surface area contributed by atoms with E-state index in [0.717, 1.165) is 35.3 Å². The number of benzene rings is 1. The molecule has 1 aromatic carbocycles. The minimum absolute atomic E-state index is 0.00214. The van der Waals surface area contributed by atoms with E-state index in [1.807, 2.05) is 31.7 Å². The van der Waals surface area contributed by atoms with E-state index < -0.39 is 0 Å². The zero-order valence-electron chi connectivity index (χ0n) is 15.9. The molecule has 0 unspecified atom stereocenters. The Morgan fingerprint density at radius 1 is 1.16 bits per heavy atom. The van der Waals surface area contributed by atoms with Crippen molar-refractivity contribution in [3.8, 4) is 5.75 Å². The topological polar surface area (TPSA) is 61.9 Å². The molecule has 0 radical (unpaired) electrons. The van der Waals surface area contributed by atoms with Gasteiger partial charge in [0.15, 0.2) is 6.61 Å². The van der Waals surface area contributed by atoms with Crippen LogP contribution >= 0.6 is 0 Å². The van der Waals surface area contributed by atoms with E-state index in [1.165, 1.54) is 4.90 Å². The molecule has 25 heavy (non-hydrogen) atoms. The van der Waals surface area contributed by atoms with Crippen molar-refractivity contribution in [2.24, 2.45) is 0 Å². The number of urea groups is 1. The molecule has 1 aliphatic heterocycles. The predicted octanol–water partition coefficient (Wildman–Crippen LogP) is 2.25. The highest BCUT2D eigenvalue weighted by Gasteiger charge is 2.24. The first-order chi connectivity index (χ1) is 11.8. The normalized spacial score (nSPS) is 15.0. The van der Waals surface area contributed by atoms with Crippen LogP contribution in [0.3, 0.4) is 0 Å². The molecule has 1 fully saturated rings. The monoisotopic (exact) mass is 347 g/mol. The molecule has 1 N–H and O–H groups in total. The summed E-state index contributed by atoms with van der Waals surface area (Å²) in [7, 11) is 3.45. The van der Waals surface area contributed by atoms with Gasteiger partial charge in [0.1, 0.15) is 5.75 Å². The van der Waals surface area contributed by atoms with Gasteiger partial charge in [-0.2, -0.15) is 0 Å². The van der Waals surface area contributed by atoms with Gasteiger partial charge in [-0.15, -0.1) is 0 Å². The number of nitrogens with one attached hydrogen (secondary N) is 1. The van der Waals surface area contributed by atoms with Crippen molar-refractivity contribution >= 4 is 11.9 Å². The van der Waals surface area contributed by atoms with Crippen LogP contribution in [0.2, 0.25) is 0 Å². The van der Waals surface area contributed by atoms with Gasteiger partial charge < -0.3 is 19.9 Å². The third-order valence-corrected chi connectivity index (χ3v) is 4.80. The fourth-order valence-electron chi connectivity index (χ4n) is 2.95. The molecule has 6 heteroatoms. The first kappa shape index (κ1) is 19.1. The minimum Gasteiger partial charge on any atom is -0.483 e. The summed E-state index contributed by atoms with van der Waals surface area (Å²) < 4.78 is 5.82. The van der Waals surface area contributed by atoms with Crippen LogP contribution in [0.15, 0.2) is 12.1 Å². The zero-order chi connectivity index (χ0) is 18.6. The van der Waals surface area contributed by atoms with Gasteiger partial charge in [-0.1, -0.05) is 12.1 Å². The Morgan fingerprint density at radius 3 is 2.36 bits per heavy atom. The SMILES string of the molecule is Cc1ccc(C)c(OCC(=O)N2CCC(NC(=O)N(C)C)CC2)c1C. The molecule has 0 atom stereocenters. The number of rotatable bonds is 4. The van der Waals surface area contributed by atoms with Crippen LogP contribution in [0.25, 0.3) is 0 Å². The number of carbonyl (C=O) groups is 2. The average Bonchev–Trinajstić information content (AvgIpc) is 2.58.